The third-order valence-electron chi connectivity index (χ3n) is 1.66. The van der Waals surface area contributed by atoms with Crippen molar-refractivity contribution in [3.05, 3.63) is 35.1 Å². The second-order valence-corrected chi connectivity index (χ2v) is 2.61. The zero-order chi connectivity index (χ0) is 10.4. The first-order valence-corrected chi connectivity index (χ1v) is 4.10. The maximum Gasteiger partial charge on any atom is 0.144 e. The molecule has 0 saturated carbocycles. The lowest BCUT2D eigenvalue weighted by atomic mass is 10.1. The Morgan fingerprint density at radius 2 is 2.29 bits per heavy atom. The van der Waals surface area contributed by atoms with Crippen LogP contribution in [0.3, 0.4) is 0 Å². The summed E-state index contributed by atoms with van der Waals surface area (Å²) >= 11 is 0. The largest absolute Gasteiger partial charge is 0.392 e. The molecule has 0 aliphatic carbocycles. The van der Waals surface area contributed by atoms with Crippen LogP contribution in [0.25, 0.3) is 0 Å². The van der Waals surface area contributed by atoms with Gasteiger partial charge >= 0.3 is 0 Å². The highest BCUT2D eigenvalue weighted by Gasteiger charge is 2.03. The number of carbonyl (C=O) groups excluding carboxylic acids is 1. The molecular formula is C11H9FO2. The summed E-state index contributed by atoms with van der Waals surface area (Å²) in [6, 6.07) is 4.60. The Hall–Kier alpha value is -1.66. The van der Waals surface area contributed by atoms with Crippen LogP contribution in [-0.4, -0.2) is 11.4 Å². The van der Waals surface area contributed by atoms with Gasteiger partial charge in [-0.2, -0.15) is 0 Å². The quantitative estimate of drug-likeness (QED) is 0.565. The van der Waals surface area contributed by atoms with Crippen molar-refractivity contribution in [2.75, 3.05) is 0 Å². The number of aliphatic hydroxyl groups excluding tert-OH is 1. The molecule has 0 aliphatic heterocycles. The molecule has 3 heteroatoms. The van der Waals surface area contributed by atoms with E-state index in [4.69, 9.17) is 5.11 Å². The van der Waals surface area contributed by atoms with Crippen LogP contribution in [0, 0.1) is 17.7 Å². The minimum atomic E-state index is -0.520. The van der Waals surface area contributed by atoms with E-state index >= 15 is 0 Å². The standard InChI is InChI=1S/C11H9FO2/c12-11-9(4-1-2-7-13)5-3-6-10(11)8-14/h3,5-7,14H,2,8H2. The normalized spacial score (nSPS) is 9.00. The highest BCUT2D eigenvalue weighted by Crippen LogP contribution is 2.11. The van der Waals surface area contributed by atoms with Gasteiger partial charge in [0.25, 0.3) is 0 Å². The van der Waals surface area contributed by atoms with E-state index in [1.54, 1.807) is 6.07 Å². The summed E-state index contributed by atoms with van der Waals surface area (Å²) in [4.78, 5) is 9.97. The maximum atomic E-state index is 13.3. The van der Waals surface area contributed by atoms with Crippen LogP contribution in [0.4, 0.5) is 4.39 Å². The molecule has 1 rings (SSSR count). The van der Waals surface area contributed by atoms with E-state index in [1.165, 1.54) is 12.1 Å². The van der Waals surface area contributed by atoms with E-state index in [2.05, 4.69) is 11.8 Å². The van der Waals surface area contributed by atoms with E-state index in [0.717, 1.165) is 0 Å². The molecule has 0 aromatic heterocycles. The molecule has 72 valence electrons. The van der Waals surface area contributed by atoms with Crippen molar-refractivity contribution >= 4 is 6.29 Å². The van der Waals surface area contributed by atoms with Gasteiger partial charge in [-0.1, -0.05) is 24.0 Å². The number of benzene rings is 1. The van der Waals surface area contributed by atoms with Crippen molar-refractivity contribution in [1.29, 1.82) is 0 Å². The molecule has 0 atom stereocenters. The van der Waals surface area contributed by atoms with Crippen LogP contribution in [0.15, 0.2) is 18.2 Å². The monoisotopic (exact) mass is 192 g/mol. The predicted octanol–water partition coefficient (Wildman–Crippen LogP) is 1.26. The van der Waals surface area contributed by atoms with Crippen molar-refractivity contribution in [3.8, 4) is 11.8 Å². The summed E-state index contributed by atoms with van der Waals surface area (Å²) in [5, 5.41) is 8.77. The number of aldehydes is 1. The number of hydrogen-bond acceptors (Lipinski definition) is 2. The van der Waals surface area contributed by atoms with Crippen molar-refractivity contribution in [2.24, 2.45) is 0 Å². The Morgan fingerprint density at radius 3 is 2.93 bits per heavy atom. The highest BCUT2D eigenvalue weighted by atomic mass is 19.1. The Labute approximate surface area is 81.4 Å². The lowest BCUT2D eigenvalue weighted by Gasteiger charge is -1.99. The van der Waals surface area contributed by atoms with Crippen LogP contribution in [-0.2, 0) is 11.4 Å². The van der Waals surface area contributed by atoms with E-state index in [1.807, 2.05) is 0 Å². The van der Waals surface area contributed by atoms with Gasteiger partial charge in [0.1, 0.15) is 12.1 Å². The van der Waals surface area contributed by atoms with Gasteiger partial charge in [-0.25, -0.2) is 4.39 Å². The molecule has 0 radical (unpaired) electrons. The zero-order valence-corrected chi connectivity index (χ0v) is 7.46. The van der Waals surface area contributed by atoms with Crippen LogP contribution in [0.5, 0.6) is 0 Å². The van der Waals surface area contributed by atoms with E-state index in [-0.39, 0.29) is 24.2 Å². The summed E-state index contributed by atoms with van der Waals surface area (Å²) in [5.41, 5.74) is 0.418. The topological polar surface area (TPSA) is 37.3 Å². The second kappa shape index (κ2) is 5.15. The van der Waals surface area contributed by atoms with Gasteiger partial charge in [-0.15, -0.1) is 0 Å². The molecule has 0 aliphatic rings. The van der Waals surface area contributed by atoms with Crippen LogP contribution < -0.4 is 0 Å². The van der Waals surface area contributed by atoms with Crippen LogP contribution in [0.1, 0.15) is 17.5 Å². The first-order chi connectivity index (χ1) is 6.79. The predicted molar refractivity (Wildman–Crippen MR) is 49.9 cm³/mol. The molecule has 0 amide bonds. The number of halogens is 1. The molecular weight excluding hydrogens is 183 g/mol. The van der Waals surface area contributed by atoms with E-state index in [0.29, 0.717) is 6.29 Å². The van der Waals surface area contributed by atoms with E-state index in [9.17, 15) is 9.18 Å². The fourth-order valence-electron chi connectivity index (χ4n) is 0.986. The number of carbonyl (C=O) groups is 1. The molecule has 0 unspecified atom stereocenters. The average Bonchev–Trinajstić information content (AvgIpc) is 2.21. The van der Waals surface area contributed by atoms with Gasteiger partial charge in [0.2, 0.25) is 0 Å². The third-order valence-corrected chi connectivity index (χ3v) is 1.66. The summed E-state index contributed by atoms with van der Waals surface area (Å²) in [7, 11) is 0. The zero-order valence-electron chi connectivity index (χ0n) is 7.46. The molecule has 2 nitrogen and oxygen atoms in total. The SMILES string of the molecule is O=CCC#Cc1cccc(CO)c1F. The van der Waals surface area contributed by atoms with Crippen molar-refractivity contribution in [3.63, 3.8) is 0 Å². The van der Waals surface area contributed by atoms with Crippen molar-refractivity contribution in [1.82, 2.24) is 0 Å². The Morgan fingerprint density at radius 1 is 1.50 bits per heavy atom. The van der Waals surface area contributed by atoms with Crippen LogP contribution >= 0.6 is 0 Å². The molecule has 1 aromatic carbocycles. The third kappa shape index (κ3) is 2.41. The molecule has 1 N–H and O–H groups in total. The molecule has 14 heavy (non-hydrogen) atoms. The lowest BCUT2D eigenvalue weighted by Crippen LogP contribution is -1.92. The van der Waals surface area contributed by atoms with Crippen molar-refractivity contribution in [2.45, 2.75) is 13.0 Å². The number of aliphatic hydroxyl groups is 1. The Bertz CT molecular complexity index is 388. The highest BCUT2D eigenvalue weighted by molar-refractivity contribution is 5.55. The van der Waals surface area contributed by atoms with Gasteiger partial charge in [-0.05, 0) is 6.07 Å². The molecule has 0 heterocycles. The van der Waals surface area contributed by atoms with Crippen molar-refractivity contribution < 1.29 is 14.3 Å². The average molecular weight is 192 g/mol. The summed E-state index contributed by atoms with van der Waals surface area (Å²) in [5.74, 6) is 4.51. The van der Waals surface area contributed by atoms with Gasteiger partial charge in [-0.3, -0.25) is 0 Å². The summed E-state index contributed by atoms with van der Waals surface area (Å²) in [6.45, 7) is -0.352. The minimum Gasteiger partial charge on any atom is -0.392 e. The summed E-state index contributed by atoms with van der Waals surface area (Å²) in [6.07, 6.45) is 0.740. The van der Waals surface area contributed by atoms with Crippen LogP contribution in [0.2, 0.25) is 0 Å². The number of hydrogen-bond donors (Lipinski definition) is 1. The van der Waals surface area contributed by atoms with Gasteiger partial charge in [0, 0.05) is 5.56 Å². The Kier molecular flexibility index (Phi) is 3.84. The van der Waals surface area contributed by atoms with E-state index < -0.39 is 5.82 Å². The van der Waals surface area contributed by atoms with Gasteiger partial charge in [0.05, 0.1) is 18.6 Å². The molecule has 0 saturated heterocycles. The first-order valence-electron chi connectivity index (χ1n) is 4.10. The summed E-state index contributed by atoms with van der Waals surface area (Å²) < 4.78 is 13.3. The molecule has 0 bridgehead atoms. The number of rotatable bonds is 2. The fraction of sp³-hybridized carbons (Fsp3) is 0.182. The molecule has 0 fully saturated rings. The lowest BCUT2D eigenvalue weighted by molar-refractivity contribution is -0.107. The fourth-order valence-corrected chi connectivity index (χ4v) is 0.986. The maximum absolute atomic E-state index is 13.3. The van der Waals surface area contributed by atoms with Gasteiger partial charge < -0.3 is 9.90 Å². The molecule has 0 spiro atoms. The smallest absolute Gasteiger partial charge is 0.144 e. The first kappa shape index (κ1) is 10.4. The van der Waals surface area contributed by atoms with Gasteiger partial charge in [0.15, 0.2) is 0 Å². The second-order valence-electron chi connectivity index (χ2n) is 2.61. The molecule has 1 aromatic rings. The minimum absolute atomic E-state index is 0.0861. The Balaban J connectivity index is 2.99.